The van der Waals surface area contributed by atoms with Gasteiger partial charge in [0.1, 0.15) is 12.4 Å². The maximum Gasteiger partial charge on any atom is 0.287 e. The predicted octanol–water partition coefficient (Wildman–Crippen LogP) is 5.83. The third kappa shape index (κ3) is 4.89. The number of ether oxygens (including phenoxy) is 1. The smallest absolute Gasteiger partial charge is 0.287 e. The van der Waals surface area contributed by atoms with Crippen LogP contribution in [0.1, 0.15) is 47.5 Å². The van der Waals surface area contributed by atoms with Gasteiger partial charge in [0.05, 0.1) is 22.3 Å². The van der Waals surface area contributed by atoms with Crippen LogP contribution in [0, 0.1) is 6.92 Å². The van der Waals surface area contributed by atoms with Crippen LogP contribution < -0.4 is 10.1 Å². The van der Waals surface area contributed by atoms with Crippen LogP contribution in [0.3, 0.4) is 0 Å². The van der Waals surface area contributed by atoms with Crippen LogP contribution in [0.4, 0.5) is 0 Å². The summed E-state index contributed by atoms with van der Waals surface area (Å²) in [5.74, 6) is 0.622. The molecule has 0 radical (unpaired) electrons. The number of furan rings is 1. The van der Waals surface area contributed by atoms with Crippen molar-refractivity contribution >= 4 is 40.7 Å². The lowest BCUT2D eigenvalue weighted by Gasteiger charge is -2.13. The lowest BCUT2D eigenvalue weighted by molar-refractivity contribution is 0.0907. The molecule has 0 fully saturated rings. The Morgan fingerprint density at radius 3 is 2.59 bits per heavy atom. The molecule has 2 heterocycles. The van der Waals surface area contributed by atoms with Crippen LogP contribution in [0.25, 0.3) is 0 Å². The second-order valence-corrected chi connectivity index (χ2v) is 7.70. The summed E-state index contributed by atoms with van der Waals surface area (Å²) in [7, 11) is 0. The van der Waals surface area contributed by atoms with Gasteiger partial charge in [-0.25, -0.2) is 0 Å². The van der Waals surface area contributed by atoms with E-state index < -0.39 is 0 Å². The maximum atomic E-state index is 12.5. The SMILES string of the molecule is CCn1ncc(C(C)NC(=O)c2ccc(COc3c(Cl)cc(Cl)cc3Cl)o2)c1C. The van der Waals surface area contributed by atoms with Gasteiger partial charge in [-0.1, -0.05) is 34.8 Å². The summed E-state index contributed by atoms with van der Waals surface area (Å²) in [6.07, 6.45) is 1.77. The summed E-state index contributed by atoms with van der Waals surface area (Å²) in [4.78, 5) is 12.5. The largest absolute Gasteiger partial charge is 0.483 e. The van der Waals surface area contributed by atoms with E-state index in [4.69, 9.17) is 44.0 Å². The van der Waals surface area contributed by atoms with Crippen molar-refractivity contribution in [3.63, 3.8) is 0 Å². The van der Waals surface area contributed by atoms with Crippen LogP contribution >= 0.6 is 34.8 Å². The molecule has 0 aliphatic carbocycles. The standard InChI is InChI=1S/C20H20Cl3N3O3/c1-4-26-12(3)15(9-24-26)11(2)25-20(27)18-6-5-14(29-18)10-28-19-16(22)7-13(21)8-17(19)23/h5-9,11H,4,10H2,1-3H3,(H,25,27). The van der Waals surface area contributed by atoms with Gasteiger partial charge in [-0.05, 0) is 45.0 Å². The molecule has 6 nitrogen and oxygen atoms in total. The van der Waals surface area contributed by atoms with Crippen molar-refractivity contribution in [3.05, 3.63) is 68.3 Å². The zero-order valence-corrected chi connectivity index (χ0v) is 18.4. The van der Waals surface area contributed by atoms with Gasteiger partial charge in [-0.3, -0.25) is 9.48 Å². The molecule has 1 atom stereocenters. The van der Waals surface area contributed by atoms with E-state index in [0.29, 0.717) is 26.6 Å². The Morgan fingerprint density at radius 1 is 1.28 bits per heavy atom. The van der Waals surface area contributed by atoms with Crippen LogP contribution in [-0.4, -0.2) is 15.7 Å². The van der Waals surface area contributed by atoms with E-state index in [-0.39, 0.29) is 24.3 Å². The fourth-order valence-electron chi connectivity index (χ4n) is 2.94. The topological polar surface area (TPSA) is 69.3 Å². The van der Waals surface area contributed by atoms with Crippen molar-refractivity contribution in [1.29, 1.82) is 0 Å². The summed E-state index contributed by atoms with van der Waals surface area (Å²) in [5, 5.41) is 8.23. The molecule has 0 spiro atoms. The molecular weight excluding hydrogens is 437 g/mol. The van der Waals surface area contributed by atoms with Gasteiger partial charge in [-0.2, -0.15) is 5.10 Å². The molecule has 0 aliphatic heterocycles. The van der Waals surface area contributed by atoms with E-state index in [1.165, 1.54) is 12.1 Å². The number of hydrogen-bond donors (Lipinski definition) is 1. The van der Waals surface area contributed by atoms with Crippen molar-refractivity contribution in [2.75, 3.05) is 0 Å². The zero-order chi connectivity index (χ0) is 21.1. The highest BCUT2D eigenvalue weighted by molar-refractivity contribution is 6.40. The number of halogens is 3. The third-order valence-corrected chi connectivity index (χ3v) is 5.24. The number of aromatic nitrogens is 2. The first kappa shape index (κ1) is 21.6. The van der Waals surface area contributed by atoms with E-state index in [2.05, 4.69) is 10.4 Å². The molecule has 3 rings (SSSR count). The number of nitrogens with one attached hydrogen (secondary N) is 1. The van der Waals surface area contributed by atoms with Crippen molar-refractivity contribution in [3.8, 4) is 5.75 Å². The van der Waals surface area contributed by atoms with Crippen molar-refractivity contribution < 1.29 is 13.9 Å². The van der Waals surface area contributed by atoms with E-state index in [9.17, 15) is 4.79 Å². The molecule has 1 N–H and O–H groups in total. The van der Waals surface area contributed by atoms with Gasteiger partial charge in [0.2, 0.25) is 0 Å². The highest BCUT2D eigenvalue weighted by atomic mass is 35.5. The molecule has 0 bridgehead atoms. The maximum absolute atomic E-state index is 12.5. The number of aryl methyl sites for hydroxylation is 1. The van der Waals surface area contributed by atoms with E-state index in [1.807, 2.05) is 25.5 Å². The molecule has 1 amide bonds. The first-order chi connectivity index (χ1) is 13.8. The van der Waals surface area contributed by atoms with E-state index >= 15 is 0 Å². The Hall–Kier alpha value is -2.15. The minimum atomic E-state index is -0.324. The Balaban J connectivity index is 1.63. The zero-order valence-electron chi connectivity index (χ0n) is 16.1. The fourth-order valence-corrected chi connectivity index (χ4v) is 3.86. The van der Waals surface area contributed by atoms with E-state index in [1.54, 1.807) is 18.3 Å². The second-order valence-electron chi connectivity index (χ2n) is 6.45. The first-order valence-electron chi connectivity index (χ1n) is 8.99. The molecule has 154 valence electrons. The third-order valence-electron chi connectivity index (χ3n) is 4.46. The lowest BCUT2D eigenvalue weighted by Crippen LogP contribution is -2.26. The highest BCUT2D eigenvalue weighted by Gasteiger charge is 2.19. The van der Waals surface area contributed by atoms with Crippen molar-refractivity contribution in [2.45, 2.75) is 40.0 Å². The number of hydrogen-bond acceptors (Lipinski definition) is 4. The Kier molecular flexibility index (Phi) is 6.77. The van der Waals surface area contributed by atoms with Gasteiger partial charge in [-0.15, -0.1) is 0 Å². The number of rotatable bonds is 7. The number of carbonyl (C=O) groups is 1. The predicted molar refractivity (Wildman–Crippen MR) is 113 cm³/mol. The normalized spacial score (nSPS) is 12.1. The monoisotopic (exact) mass is 455 g/mol. The Bertz CT molecular complexity index is 1010. The molecular formula is C20H20Cl3N3O3. The Labute approximate surface area is 183 Å². The highest BCUT2D eigenvalue weighted by Crippen LogP contribution is 2.36. The van der Waals surface area contributed by atoms with Gasteiger partial charge in [0.25, 0.3) is 5.91 Å². The molecule has 9 heteroatoms. The summed E-state index contributed by atoms with van der Waals surface area (Å²) < 4.78 is 13.1. The van der Waals surface area contributed by atoms with Crippen molar-refractivity contribution in [2.24, 2.45) is 0 Å². The number of amides is 1. The minimum Gasteiger partial charge on any atom is -0.483 e. The van der Waals surface area contributed by atoms with Gasteiger partial charge in [0, 0.05) is 22.8 Å². The minimum absolute atomic E-state index is 0.0618. The molecule has 0 aliphatic rings. The fraction of sp³-hybridized carbons (Fsp3) is 0.300. The van der Waals surface area contributed by atoms with Crippen LogP contribution in [0.15, 0.2) is 34.9 Å². The number of carbonyl (C=O) groups excluding carboxylic acids is 1. The summed E-state index contributed by atoms with van der Waals surface area (Å²) >= 11 is 18.1. The number of nitrogens with zero attached hydrogens (tertiary/aromatic N) is 2. The summed E-state index contributed by atoms with van der Waals surface area (Å²) in [5.41, 5.74) is 1.98. The molecule has 1 unspecified atom stereocenters. The van der Waals surface area contributed by atoms with Crippen LogP contribution in [-0.2, 0) is 13.2 Å². The molecule has 0 saturated heterocycles. The lowest BCUT2D eigenvalue weighted by atomic mass is 10.1. The van der Waals surface area contributed by atoms with Crippen LogP contribution in [0.2, 0.25) is 15.1 Å². The second kappa shape index (κ2) is 9.11. The quantitative estimate of drug-likeness (QED) is 0.485. The van der Waals surface area contributed by atoms with E-state index in [0.717, 1.165) is 17.8 Å². The Morgan fingerprint density at radius 2 is 1.97 bits per heavy atom. The molecule has 0 saturated carbocycles. The van der Waals surface area contributed by atoms with Gasteiger partial charge in [0.15, 0.2) is 11.5 Å². The average molecular weight is 457 g/mol. The first-order valence-corrected chi connectivity index (χ1v) is 10.1. The molecule has 2 aromatic heterocycles. The molecule has 29 heavy (non-hydrogen) atoms. The van der Waals surface area contributed by atoms with Gasteiger partial charge < -0.3 is 14.5 Å². The molecule has 3 aromatic rings. The number of benzene rings is 1. The van der Waals surface area contributed by atoms with Gasteiger partial charge >= 0.3 is 0 Å². The van der Waals surface area contributed by atoms with Crippen molar-refractivity contribution in [1.82, 2.24) is 15.1 Å². The van der Waals surface area contributed by atoms with Crippen LogP contribution in [0.5, 0.6) is 5.75 Å². The average Bonchev–Trinajstić information content (AvgIpc) is 3.27. The summed E-state index contributed by atoms with van der Waals surface area (Å²) in [6, 6.07) is 6.12. The summed E-state index contributed by atoms with van der Waals surface area (Å²) in [6.45, 7) is 6.73. The molecule has 1 aromatic carbocycles.